The monoisotopic (exact) mass is 333 g/mol. The molecule has 1 fully saturated rings. The van der Waals surface area contributed by atoms with Gasteiger partial charge in [0, 0.05) is 31.2 Å². The van der Waals surface area contributed by atoms with Gasteiger partial charge in [-0.25, -0.2) is 0 Å². The molecule has 0 aliphatic carbocycles. The maximum absolute atomic E-state index is 12.2. The lowest BCUT2D eigenvalue weighted by molar-refractivity contribution is -0.123. The number of carbonyl (C=O) groups excluding carboxylic acids is 1. The average molecular weight is 333 g/mol. The highest BCUT2D eigenvalue weighted by Crippen LogP contribution is 2.22. The molecule has 0 bridgehead atoms. The van der Waals surface area contributed by atoms with E-state index in [4.69, 9.17) is 0 Å². The summed E-state index contributed by atoms with van der Waals surface area (Å²) in [5, 5.41) is 16.2. The van der Waals surface area contributed by atoms with Gasteiger partial charge >= 0.3 is 0 Å². The molecule has 5 heteroatoms. The van der Waals surface area contributed by atoms with E-state index in [1.165, 1.54) is 5.56 Å². The third kappa shape index (κ3) is 5.58. The molecule has 24 heavy (non-hydrogen) atoms. The van der Waals surface area contributed by atoms with Crippen molar-refractivity contribution in [1.29, 1.82) is 0 Å². The zero-order valence-corrected chi connectivity index (χ0v) is 15.1. The second-order valence-corrected chi connectivity index (χ2v) is 7.28. The molecule has 0 spiro atoms. The number of carbonyl (C=O) groups is 1. The Bertz CT molecular complexity index is 537. The van der Waals surface area contributed by atoms with Crippen molar-refractivity contribution in [2.45, 2.75) is 51.7 Å². The van der Waals surface area contributed by atoms with Crippen molar-refractivity contribution in [2.75, 3.05) is 26.2 Å². The standard InChI is InChI=1S/C19H31N3O2/c1-15(2)21-19(14-23)7-9-22(10-8-19)13-18(24)20-12-17-6-4-5-16(3)11-17/h4-6,11,15,21,23H,7-10,12-14H2,1-3H3,(H,20,24). The Hall–Kier alpha value is -1.43. The van der Waals surface area contributed by atoms with Crippen molar-refractivity contribution >= 4 is 5.91 Å². The molecule has 1 amide bonds. The second-order valence-electron chi connectivity index (χ2n) is 7.28. The van der Waals surface area contributed by atoms with E-state index in [0.717, 1.165) is 31.5 Å². The first-order chi connectivity index (χ1) is 11.4. The Morgan fingerprint density at radius 3 is 2.62 bits per heavy atom. The first kappa shape index (κ1) is 18.9. The fourth-order valence-corrected chi connectivity index (χ4v) is 3.38. The highest BCUT2D eigenvalue weighted by atomic mass is 16.3. The van der Waals surface area contributed by atoms with Gasteiger partial charge in [-0.2, -0.15) is 0 Å². The van der Waals surface area contributed by atoms with Gasteiger partial charge in [-0.05, 0) is 25.3 Å². The van der Waals surface area contributed by atoms with Gasteiger partial charge in [0.05, 0.1) is 13.2 Å². The van der Waals surface area contributed by atoms with Crippen LogP contribution in [0.2, 0.25) is 0 Å². The van der Waals surface area contributed by atoms with Crippen LogP contribution >= 0.6 is 0 Å². The van der Waals surface area contributed by atoms with Gasteiger partial charge in [0.1, 0.15) is 0 Å². The molecule has 134 valence electrons. The van der Waals surface area contributed by atoms with Crippen LogP contribution in [0.5, 0.6) is 0 Å². The molecule has 0 saturated carbocycles. The smallest absolute Gasteiger partial charge is 0.234 e. The molecule has 0 unspecified atom stereocenters. The number of amides is 1. The fourth-order valence-electron chi connectivity index (χ4n) is 3.38. The van der Waals surface area contributed by atoms with Crippen LogP contribution in [0.3, 0.4) is 0 Å². The average Bonchev–Trinajstić information content (AvgIpc) is 2.54. The summed E-state index contributed by atoms with van der Waals surface area (Å²) in [4.78, 5) is 14.3. The van der Waals surface area contributed by atoms with Crippen LogP contribution in [-0.4, -0.2) is 53.7 Å². The predicted molar refractivity (Wildman–Crippen MR) is 96.8 cm³/mol. The van der Waals surface area contributed by atoms with Crippen LogP contribution in [0.1, 0.15) is 37.8 Å². The molecule has 0 aromatic heterocycles. The summed E-state index contributed by atoms with van der Waals surface area (Å²) in [6.07, 6.45) is 1.74. The minimum absolute atomic E-state index is 0.0600. The molecule has 1 saturated heterocycles. The van der Waals surface area contributed by atoms with Crippen molar-refractivity contribution in [3.05, 3.63) is 35.4 Å². The zero-order chi connectivity index (χ0) is 17.6. The molecule has 1 aromatic rings. The van der Waals surface area contributed by atoms with Crippen LogP contribution < -0.4 is 10.6 Å². The molecule has 0 atom stereocenters. The fraction of sp³-hybridized carbons (Fsp3) is 0.632. The summed E-state index contributed by atoms with van der Waals surface area (Å²) in [7, 11) is 0. The lowest BCUT2D eigenvalue weighted by Gasteiger charge is -2.42. The van der Waals surface area contributed by atoms with E-state index in [1.807, 2.05) is 12.1 Å². The largest absolute Gasteiger partial charge is 0.394 e. The van der Waals surface area contributed by atoms with Gasteiger partial charge < -0.3 is 15.7 Å². The Kier molecular flexibility index (Phi) is 6.78. The van der Waals surface area contributed by atoms with Gasteiger partial charge in [0.2, 0.25) is 5.91 Å². The number of likely N-dealkylation sites (tertiary alicyclic amines) is 1. The van der Waals surface area contributed by atoms with Crippen molar-refractivity contribution < 1.29 is 9.90 Å². The normalized spacial score (nSPS) is 17.9. The van der Waals surface area contributed by atoms with E-state index >= 15 is 0 Å². The molecule has 2 rings (SSSR count). The predicted octanol–water partition coefficient (Wildman–Crippen LogP) is 1.44. The maximum Gasteiger partial charge on any atom is 0.234 e. The van der Waals surface area contributed by atoms with E-state index in [2.05, 4.69) is 48.4 Å². The van der Waals surface area contributed by atoms with E-state index in [9.17, 15) is 9.90 Å². The number of aryl methyl sites for hydroxylation is 1. The molecule has 1 aliphatic heterocycles. The number of aliphatic hydroxyl groups excluding tert-OH is 1. The number of aliphatic hydroxyl groups is 1. The highest BCUT2D eigenvalue weighted by Gasteiger charge is 2.34. The van der Waals surface area contributed by atoms with E-state index in [-0.39, 0.29) is 18.1 Å². The van der Waals surface area contributed by atoms with E-state index in [0.29, 0.717) is 19.1 Å². The number of nitrogens with one attached hydrogen (secondary N) is 2. The first-order valence-corrected chi connectivity index (χ1v) is 8.86. The van der Waals surface area contributed by atoms with E-state index < -0.39 is 0 Å². The number of hydrogen-bond donors (Lipinski definition) is 3. The molecule has 1 aliphatic rings. The molecular formula is C19H31N3O2. The third-order valence-corrected chi connectivity index (χ3v) is 4.65. The molecule has 1 heterocycles. The number of hydrogen-bond acceptors (Lipinski definition) is 4. The number of piperidine rings is 1. The van der Waals surface area contributed by atoms with Crippen molar-refractivity contribution in [1.82, 2.24) is 15.5 Å². The Morgan fingerprint density at radius 2 is 2.04 bits per heavy atom. The number of nitrogens with zero attached hydrogens (tertiary/aromatic N) is 1. The Labute approximate surface area is 145 Å². The molecule has 0 radical (unpaired) electrons. The van der Waals surface area contributed by atoms with Gasteiger partial charge in [0.15, 0.2) is 0 Å². The summed E-state index contributed by atoms with van der Waals surface area (Å²) in [5.41, 5.74) is 2.14. The molecular weight excluding hydrogens is 302 g/mol. The summed E-state index contributed by atoms with van der Waals surface area (Å²) in [6, 6.07) is 8.53. The Morgan fingerprint density at radius 1 is 1.33 bits per heavy atom. The third-order valence-electron chi connectivity index (χ3n) is 4.65. The topological polar surface area (TPSA) is 64.6 Å². The number of benzene rings is 1. The second kappa shape index (κ2) is 8.60. The van der Waals surface area contributed by atoms with Gasteiger partial charge in [-0.1, -0.05) is 43.7 Å². The summed E-state index contributed by atoms with van der Waals surface area (Å²) < 4.78 is 0. The van der Waals surface area contributed by atoms with Crippen LogP contribution in [0.4, 0.5) is 0 Å². The van der Waals surface area contributed by atoms with Crippen LogP contribution in [-0.2, 0) is 11.3 Å². The SMILES string of the molecule is Cc1cccc(CNC(=O)CN2CCC(CO)(NC(C)C)CC2)c1. The molecule has 1 aromatic carbocycles. The van der Waals surface area contributed by atoms with Crippen molar-refractivity contribution in [3.8, 4) is 0 Å². The van der Waals surface area contributed by atoms with Gasteiger partial charge in [-0.15, -0.1) is 0 Å². The molecule has 5 nitrogen and oxygen atoms in total. The summed E-state index contributed by atoms with van der Waals surface area (Å²) in [6.45, 7) is 9.07. The van der Waals surface area contributed by atoms with E-state index in [1.54, 1.807) is 0 Å². The first-order valence-electron chi connectivity index (χ1n) is 8.86. The summed E-state index contributed by atoms with van der Waals surface area (Å²) in [5.74, 6) is 0.0600. The van der Waals surface area contributed by atoms with Crippen LogP contribution in [0, 0.1) is 6.92 Å². The highest BCUT2D eigenvalue weighted by molar-refractivity contribution is 5.78. The lowest BCUT2D eigenvalue weighted by Crippen LogP contribution is -2.58. The van der Waals surface area contributed by atoms with Crippen LogP contribution in [0.25, 0.3) is 0 Å². The number of rotatable bonds is 7. The minimum atomic E-state index is -0.192. The lowest BCUT2D eigenvalue weighted by atomic mass is 9.87. The minimum Gasteiger partial charge on any atom is -0.394 e. The van der Waals surface area contributed by atoms with Gasteiger partial charge in [-0.3, -0.25) is 9.69 Å². The maximum atomic E-state index is 12.2. The summed E-state index contributed by atoms with van der Waals surface area (Å²) >= 11 is 0. The van der Waals surface area contributed by atoms with Crippen molar-refractivity contribution in [3.63, 3.8) is 0 Å². The van der Waals surface area contributed by atoms with Crippen LogP contribution in [0.15, 0.2) is 24.3 Å². The van der Waals surface area contributed by atoms with Crippen molar-refractivity contribution in [2.24, 2.45) is 0 Å². The zero-order valence-electron chi connectivity index (χ0n) is 15.1. The quantitative estimate of drug-likeness (QED) is 0.706. The Balaban J connectivity index is 1.75. The molecule has 3 N–H and O–H groups in total. The van der Waals surface area contributed by atoms with Gasteiger partial charge in [0.25, 0.3) is 0 Å².